The number of nitro groups is 1. The van der Waals surface area contributed by atoms with Crippen LogP contribution in [0, 0.1) is 22.0 Å². The Hall–Kier alpha value is -2.23. The van der Waals surface area contributed by atoms with E-state index >= 15 is 0 Å². The molecule has 0 heterocycles. The van der Waals surface area contributed by atoms with Crippen molar-refractivity contribution in [1.29, 1.82) is 0 Å². The molecular weight excluding hydrogens is 261 g/mol. The van der Waals surface area contributed by atoms with E-state index in [0.717, 1.165) is 12.1 Å². The van der Waals surface area contributed by atoms with Crippen LogP contribution in [-0.2, 0) is 6.18 Å². The summed E-state index contributed by atoms with van der Waals surface area (Å²) in [5.41, 5.74) is -2.04. The van der Waals surface area contributed by atoms with E-state index in [1.54, 1.807) is 6.92 Å². The summed E-state index contributed by atoms with van der Waals surface area (Å²) in [7, 11) is 0. The van der Waals surface area contributed by atoms with Crippen molar-refractivity contribution in [3.8, 4) is 11.8 Å². The van der Waals surface area contributed by atoms with Crippen LogP contribution in [-0.4, -0.2) is 11.5 Å². The monoisotopic (exact) mass is 272 g/mol. The Morgan fingerprint density at radius 3 is 2.63 bits per heavy atom. The maximum atomic E-state index is 12.7. The molecule has 102 valence electrons. The van der Waals surface area contributed by atoms with Crippen molar-refractivity contribution < 1.29 is 18.1 Å². The van der Waals surface area contributed by atoms with Gasteiger partial charge in [-0.05, 0) is 19.1 Å². The molecule has 0 bridgehead atoms. The highest BCUT2D eigenvalue weighted by Crippen LogP contribution is 2.37. The molecule has 0 saturated heterocycles. The van der Waals surface area contributed by atoms with Gasteiger partial charge in [-0.1, -0.05) is 0 Å². The smallest absolute Gasteiger partial charge is 0.384 e. The fourth-order valence-electron chi connectivity index (χ4n) is 1.43. The molecule has 0 saturated carbocycles. The summed E-state index contributed by atoms with van der Waals surface area (Å²) in [5, 5.41) is 13.3. The lowest BCUT2D eigenvalue weighted by molar-refractivity contribution is -0.388. The molecule has 0 aliphatic heterocycles. The van der Waals surface area contributed by atoms with Crippen molar-refractivity contribution in [2.45, 2.75) is 19.5 Å². The topological polar surface area (TPSA) is 55.2 Å². The summed E-state index contributed by atoms with van der Waals surface area (Å²) in [6.45, 7) is 2.03. The average Bonchev–Trinajstić information content (AvgIpc) is 2.33. The molecule has 0 aliphatic rings. The first kappa shape index (κ1) is 14.8. The van der Waals surface area contributed by atoms with E-state index in [2.05, 4.69) is 17.2 Å². The van der Waals surface area contributed by atoms with Crippen molar-refractivity contribution >= 4 is 11.4 Å². The number of nitro benzene ring substituents is 1. The first-order valence-corrected chi connectivity index (χ1v) is 5.35. The van der Waals surface area contributed by atoms with Crippen LogP contribution < -0.4 is 5.32 Å². The van der Waals surface area contributed by atoms with E-state index in [9.17, 15) is 23.3 Å². The molecule has 1 N–H and O–H groups in total. The first-order valence-electron chi connectivity index (χ1n) is 5.35. The summed E-state index contributed by atoms with van der Waals surface area (Å²) in [6.07, 6.45) is -4.28. The molecule has 0 atom stereocenters. The van der Waals surface area contributed by atoms with Gasteiger partial charge in [0.05, 0.1) is 4.92 Å². The maximum Gasteiger partial charge on any atom is 0.423 e. The molecule has 0 aliphatic carbocycles. The number of hydrogen-bond donors (Lipinski definition) is 1. The van der Waals surface area contributed by atoms with Crippen LogP contribution in [0.25, 0.3) is 0 Å². The van der Waals surface area contributed by atoms with E-state index in [1.165, 1.54) is 6.07 Å². The number of anilines is 1. The number of halogens is 3. The molecule has 0 unspecified atom stereocenters. The largest absolute Gasteiger partial charge is 0.423 e. The van der Waals surface area contributed by atoms with Crippen LogP contribution in [0.4, 0.5) is 24.5 Å². The Kier molecular flexibility index (Phi) is 4.75. The van der Waals surface area contributed by atoms with Crippen molar-refractivity contribution in [1.82, 2.24) is 0 Å². The van der Waals surface area contributed by atoms with Crippen LogP contribution >= 0.6 is 0 Å². The van der Waals surface area contributed by atoms with E-state index in [-0.39, 0.29) is 5.69 Å². The molecule has 0 spiro atoms. The van der Waals surface area contributed by atoms with Gasteiger partial charge in [-0.25, -0.2) is 0 Å². The minimum Gasteiger partial charge on any atom is -0.384 e. The van der Waals surface area contributed by atoms with Crippen LogP contribution in [0.5, 0.6) is 0 Å². The molecule has 0 radical (unpaired) electrons. The summed E-state index contributed by atoms with van der Waals surface area (Å²) >= 11 is 0. The number of benzene rings is 1. The molecule has 0 amide bonds. The van der Waals surface area contributed by atoms with Crippen molar-refractivity contribution in [2.75, 3.05) is 11.9 Å². The quantitative estimate of drug-likeness (QED) is 0.395. The van der Waals surface area contributed by atoms with Gasteiger partial charge in [-0.2, -0.15) is 13.2 Å². The second kappa shape index (κ2) is 6.09. The molecule has 1 aromatic carbocycles. The van der Waals surface area contributed by atoms with Crippen LogP contribution in [0.1, 0.15) is 18.9 Å². The third-order valence-corrected chi connectivity index (χ3v) is 2.25. The standard InChI is InChI=1S/C12H11F3N2O2/c1-2-3-4-7-16-9-5-6-11(17(18)19)10(8-9)12(13,14)15/h5-6,8,16H,4,7H2,1H3. The molecule has 4 nitrogen and oxygen atoms in total. The van der Waals surface area contributed by atoms with Gasteiger partial charge >= 0.3 is 6.18 Å². The summed E-state index contributed by atoms with van der Waals surface area (Å²) in [6, 6.07) is 2.82. The van der Waals surface area contributed by atoms with Gasteiger partial charge < -0.3 is 5.32 Å². The van der Waals surface area contributed by atoms with Gasteiger partial charge in [0.15, 0.2) is 0 Å². The van der Waals surface area contributed by atoms with Crippen molar-refractivity contribution in [3.05, 3.63) is 33.9 Å². The van der Waals surface area contributed by atoms with Crippen LogP contribution in [0.15, 0.2) is 18.2 Å². The third kappa shape index (κ3) is 4.17. The Balaban J connectivity index is 2.97. The average molecular weight is 272 g/mol. The van der Waals surface area contributed by atoms with Crippen LogP contribution in [0.3, 0.4) is 0 Å². The molecular formula is C12H11F3N2O2. The highest BCUT2D eigenvalue weighted by atomic mass is 19.4. The Morgan fingerprint density at radius 1 is 1.42 bits per heavy atom. The lowest BCUT2D eigenvalue weighted by Crippen LogP contribution is -2.10. The molecule has 0 aromatic heterocycles. The zero-order valence-corrected chi connectivity index (χ0v) is 10.0. The minimum absolute atomic E-state index is 0.177. The van der Waals surface area contributed by atoms with Gasteiger partial charge in [0.25, 0.3) is 5.69 Å². The van der Waals surface area contributed by atoms with E-state index in [1.807, 2.05) is 0 Å². The predicted octanol–water partition coefficient (Wildman–Crippen LogP) is 3.44. The molecule has 19 heavy (non-hydrogen) atoms. The Morgan fingerprint density at radius 2 is 2.11 bits per heavy atom. The SMILES string of the molecule is CC#CCCNc1ccc([N+](=O)[O-])c(C(F)(F)F)c1. The Labute approximate surface area is 107 Å². The zero-order valence-electron chi connectivity index (χ0n) is 10.0. The van der Waals surface area contributed by atoms with Crippen molar-refractivity contribution in [2.24, 2.45) is 0 Å². The second-order valence-electron chi connectivity index (χ2n) is 3.59. The zero-order chi connectivity index (χ0) is 14.5. The fraction of sp³-hybridized carbons (Fsp3) is 0.333. The van der Waals surface area contributed by atoms with Gasteiger partial charge in [-0.15, -0.1) is 11.8 Å². The number of rotatable bonds is 4. The summed E-state index contributed by atoms with van der Waals surface area (Å²) in [4.78, 5) is 9.50. The maximum absolute atomic E-state index is 12.7. The lowest BCUT2D eigenvalue weighted by Gasteiger charge is -2.10. The van der Waals surface area contributed by atoms with E-state index in [0.29, 0.717) is 13.0 Å². The first-order chi connectivity index (χ1) is 8.86. The highest BCUT2D eigenvalue weighted by Gasteiger charge is 2.38. The summed E-state index contributed by atoms with van der Waals surface area (Å²) in [5.74, 6) is 5.40. The van der Waals surface area contributed by atoms with E-state index in [4.69, 9.17) is 0 Å². The number of alkyl halides is 3. The molecule has 1 rings (SSSR count). The second-order valence-corrected chi connectivity index (χ2v) is 3.59. The molecule has 7 heteroatoms. The minimum atomic E-state index is -4.76. The van der Waals surface area contributed by atoms with Gasteiger partial charge in [0.2, 0.25) is 0 Å². The van der Waals surface area contributed by atoms with Crippen LogP contribution in [0.2, 0.25) is 0 Å². The fourth-order valence-corrected chi connectivity index (χ4v) is 1.43. The summed E-state index contributed by atoms with van der Waals surface area (Å²) < 4.78 is 38.0. The van der Waals surface area contributed by atoms with Gasteiger partial charge in [0, 0.05) is 24.7 Å². The highest BCUT2D eigenvalue weighted by molar-refractivity contribution is 5.55. The van der Waals surface area contributed by atoms with Gasteiger partial charge in [-0.3, -0.25) is 10.1 Å². The van der Waals surface area contributed by atoms with E-state index < -0.39 is 22.4 Å². The molecule has 1 aromatic rings. The van der Waals surface area contributed by atoms with Crippen molar-refractivity contribution in [3.63, 3.8) is 0 Å². The predicted molar refractivity (Wildman–Crippen MR) is 64.7 cm³/mol. The normalized spacial score (nSPS) is 10.5. The molecule has 0 fully saturated rings. The number of nitrogens with zero attached hydrogens (tertiary/aromatic N) is 1. The number of nitrogens with one attached hydrogen (secondary N) is 1. The van der Waals surface area contributed by atoms with Gasteiger partial charge in [0.1, 0.15) is 5.56 Å². The Bertz CT molecular complexity index is 530. The third-order valence-electron chi connectivity index (χ3n) is 2.25. The lowest BCUT2D eigenvalue weighted by atomic mass is 10.1. The number of hydrogen-bond acceptors (Lipinski definition) is 3.